The van der Waals surface area contributed by atoms with Crippen molar-refractivity contribution < 1.29 is 26.0 Å². The zero-order valence-electron chi connectivity index (χ0n) is 14.0. The van der Waals surface area contributed by atoms with E-state index < -0.39 is 43.4 Å². The van der Waals surface area contributed by atoms with Gasteiger partial charge in [-0.25, -0.2) is 25.9 Å². The van der Waals surface area contributed by atoms with Crippen molar-refractivity contribution in [2.75, 3.05) is 25.4 Å². The Morgan fingerprint density at radius 3 is 2.48 bits per heavy atom. The van der Waals surface area contributed by atoms with Gasteiger partial charge in [-0.2, -0.15) is 0 Å². The van der Waals surface area contributed by atoms with Crippen LogP contribution in [-0.4, -0.2) is 58.3 Å². The average Bonchev–Trinajstić information content (AvgIpc) is 2.42. The molecule has 1 amide bonds. The molecule has 7 nitrogen and oxygen atoms in total. The van der Waals surface area contributed by atoms with Crippen molar-refractivity contribution in [1.29, 1.82) is 0 Å². The molecule has 0 atom stereocenters. The average molecular weight is 392 g/mol. The van der Waals surface area contributed by atoms with E-state index in [1.165, 1.54) is 17.0 Å². The number of nitrogens with one attached hydrogen (secondary N) is 1. The number of nitrogens with zero attached hydrogens (tertiary/aromatic N) is 1. The topological polar surface area (TPSA) is 101 Å². The number of carbonyl (C=O) groups is 1. The van der Waals surface area contributed by atoms with Gasteiger partial charge >= 0.3 is 0 Å². The quantitative estimate of drug-likeness (QED) is 0.723. The Bertz CT molecular complexity index is 846. The van der Waals surface area contributed by atoms with Crippen LogP contribution in [0.2, 0.25) is 0 Å². The zero-order valence-corrected chi connectivity index (χ0v) is 15.6. The van der Waals surface area contributed by atoms with Crippen molar-refractivity contribution in [3.8, 4) is 0 Å². The molecule has 25 heavy (non-hydrogen) atoms. The van der Waals surface area contributed by atoms with E-state index in [0.717, 1.165) is 12.1 Å². The van der Waals surface area contributed by atoms with Crippen molar-refractivity contribution in [2.24, 2.45) is 5.92 Å². The molecular weight excluding hydrogens is 371 g/mol. The first kappa shape index (κ1) is 19.8. The van der Waals surface area contributed by atoms with Gasteiger partial charge in [-0.1, -0.05) is 19.9 Å². The number of rotatable bonds is 7. The SMILES string of the molecule is CC(C)CS(=O)(=O)C1CN(C(=O)CNS(=O)(=O)c2cccc(F)c2)C1. The van der Waals surface area contributed by atoms with Gasteiger partial charge in [0.2, 0.25) is 15.9 Å². The van der Waals surface area contributed by atoms with Crippen LogP contribution in [0.5, 0.6) is 0 Å². The maximum absolute atomic E-state index is 13.1. The second-order valence-corrected chi connectivity index (χ2v) is 10.5. The summed E-state index contributed by atoms with van der Waals surface area (Å²) in [5.41, 5.74) is 0. The van der Waals surface area contributed by atoms with Crippen LogP contribution in [-0.2, 0) is 24.7 Å². The lowest BCUT2D eigenvalue weighted by molar-refractivity contribution is -0.133. The van der Waals surface area contributed by atoms with Crippen LogP contribution >= 0.6 is 0 Å². The first-order valence-electron chi connectivity index (χ1n) is 7.76. The Morgan fingerprint density at radius 1 is 1.28 bits per heavy atom. The summed E-state index contributed by atoms with van der Waals surface area (Å²) in [4.78, 5) is 13.0. The van der Waals surface area contributed by atoms with Crippen LogP contribution in [0.15, 0.2) is 29.2 Å². The summed E-state index contributed by atoms with van der Waals surface area (Å²) < 4.78 is 63.3. The number of carbonyl (C=O) groups excluding carboxylic acids is 1. The first-order chi connectivity index (χ1) is 11.5. The van der Waals surface area contributed by atoms with E-state index in [0.29, 0.717) is 0 Å². The van der Waals surface area contributed by atoms with E-state index >= 15 is 0 Å². The molecule has 1 aromatic rings. The van der Waals surface area contributed by atoms with E-state index in [1.54, 1.807) is 13.8 Å². The Kier molecular flexibility index (Phi) is 5.85. The number of amides is 1. The normalized spacial score (nSPS) is 16.1. The molecule has 0 bridgehead atoms. The molecule has 0 aliphatic carbocycles. The summed E-state index contributed by atoms with van der Waals surface area (Å²) in [5.74, 6) is -1.15. The Morgan fingerprint density at radius 2 is 1.92 bits per heavy atom. The van der Waals surface area contributed by atoms with Crippen LogP contribution < -0.4 is 4.72 Å². The summed E-state index contributed by atoms with van der Waals surface area (Å²) in [6, 6.07) is 4.44. The third-order valence-electron chi connectivity index (χ3n) is 3.79. The van der Waals surface area contributed by atoms with Crippen molar-refractivity contribution in [3.05, 3.63) is 30.1 Å². The van der Waals surface area contributed by atoms with Crippen LogP contribution in [0.4, 0.5) is 4.39 Å². The molecule has 1 aliphatic heterocycles. The molecule has 0 spiro atoms. The van der Waals surface area contributed by atoms with E-state index in [2.05, 4.69) is 4.72 Å². The van der Waals surface area contributed by atoms with Crippen LogP contribution in [0.25, 0.3) is 0 Å². The van der Waals surface area contributed by atoms with Crippen molar-refractivity contribution >= 4 is 25.8 Å². The molecule has 0 saturated carbocycles. The van der Waals surface area contributed by atoms with Crippen LogP contribution in [0, 0.1) is 11.7 Å². The highest BCUT2D eigenvalue weighted by Crippen LogP contribution is 2.19. The standard InChI is InChI=1S/C15H21FN2O5S2/c1-11(2)10-24(20,21)14-8-18(9-14)15(19)7-17-25(22,23)13-5-3-4-12(16)6-13/h3-6,11,14,17H,7-10H2,1-2H3. The third kappa shape index (κ3) is 4.99. The molecule has 1 fully saturated rings. The Balaban J connectivity index is 1.88. The van der Waals surface area contributed by atoms with Gasteiger partial charge in [0.25, 0.3) is 0 Å². The lowest BCUT2D eigenvalue weighted by Gasteiger charge is -2.39. The van der Waals surface area contributed by atoms with Gasteiger partial charge < -0.3 is 4.90 Å². The largest absolute Gasteiger partial charge is 0.339 e. The number of likely N-dealkylation sites (tertiary alicyclic amines) is 1. The Hall–Kier alpha value is -1.52. The van der Waals surface area contributed by atoms with Gasteiger partial charge in [0.05, 0.1) is 22.4 Å². The maximum Gasteiger partial charge on any atom is 0.241 e. The Labute approximate surface area is 147 Å². The van der Waals surface area contributed by atoms with E-state index in [4.69, 9.17) is 0 Å². The van der Waals surface area contributed by atoms with Gasteiger partial charge in [0.1, 0.15) is 5.82 Å². The summed E-state index contributed by atoms with van der Waals surface area (Å²) >= 11 is 0. The fourth-order valence-electron chi connectivity index (χ4n) is 2.46. The molecule has 140 valence electrons. The molecule has 0 radical (unpaired) electrons. The van der Waals surface area contributed by atoms with Crippen molar-refractivity contribution in [3.63, 3.8) is 0 Å². The molecule has 0 unspecified atom stereocenters. The minimum absolute atomic E-state index is 0.00725. The van der Waals surface area contributed by atoms with Crippen molar-refractivity contribution in [1.82, 2.24) is 9.62 Å². The number of hydrogen-bond acceptors (Lipinski definition) is 5. The highest BCUT2D eigenvalue weighted by atomic mass is 32.2. The lowest BCUT2D eigenvalue weighted by atomic mass is 10.2. The first-order valence-corrected chi connectivity index (χ1v) is 11.0. The van der Waals surface area contributed by atoms with Crippen LogP contribution in [0.3, 0.4) is 0 Å². The van der Waals surface area contributed by atoms with E-state index in [1.807, 2.05) is 0 Å². The predicted octanol–water partition coefficient (Wildman–Crippen LogP) is 0.386. The molecule has 1 N–H and O–H groups in total. The smallest absolute Gasteiger partial charge is 0.241 e. The highest BCUT2D eigenvalue weighted by Gasteiger charge is 2.39. The molecule has 1 aliphatic rings. The minimum atomic E-state index is -4.01. The minimum Gasteiger partial charge on any atom is -0.339 e. The molecule has 0 aromatic heterocycles. The maximum atomic E-state index is 13.1. The number of benzene rings is 1. The number of sulfonamides is 1. The van der Waals surface area contributed by atoms with Crippen LogP contribution in [0.1, 0.15) is 13.8 Å². The molecule has 2 rings (SSSR count). The molecule has 1 saturated heterocycles. The fraction of sp³-hybridized carbons (Fsp3) is 0.533. The summed E-state index contributed by atoms with van der Waals surface area (Å²) in [6.07, 6.45) is 0. The second kappa shape index (κ2) is 7.38. The lowest BCUT2D eigenvalue weighted by Crippen LogP contribution is -2.59. The van der Waals surface area contributed by atoms with Crippen molar-refractivity contribution in [2.45, 2.75) is 24.0 Å². The van der Waals surface area contributed by atoms with Gasteiger partial charge in [-0.05, 0) is 24.1 Å². The number of hydrogen-bond donors (Lipinski definition) is 1. The molecule has 1 heterocycles. The third-order valence-corrected chi connectivity index (χ3v) is 7.64. The fourth-order valence-corrected chi connectivity index (χ4v) is 5.48. The zero-order chi connectivity index (χ0) is 18.8. The van der Waals surface area contributed by atoms with Gasteiger partial charge in [-0.3, -0.25) is 4.79 Å². The predicted molar refractivity (Wildman–Crippen MR) is 90.6 cm³/mol. The van der Waals surface area contributed by atoms with E-state index in [-0.39, 0.29) is 29.7 Å². The summed E-state index contributed by atoms with van der Waals surface area (Å²) in [7, 11) is -7.26. The number of halogens is 1. The van der Waals surface area contributed by atoms with Gasteiger partial charge in [0.15, 0.2) is 9.84 Å². The molecule has 10 heteroatoms. The highest BCUT2D eigenvalue weighted by molar-refractivity contribution is 7.92. The second-order valence-electron chi connectivity index (χ2n) is 6.43. The molecule has 1 aromatic carbocycles. The summed E-state index contributed by atoms with van der Waals surface area (Å²) in [5, 5.41) is -0.598. The number of sulfone groups is 1. The molecular formula is C15H21FN2O5S2. The van der Waals surface area contributed by atoms with Gasteiger partial charge in [-0.15, -0.1) is 0 Å². The monoisotopic (exact) mass is 392 g/mol. The van der Waals surface area contributed by atoms with E-state index in [9.17, 15) is 26.0 Å². The summed E-state index contributed by atoms with van der Waals surface area (Å²) in [6.45, 7) is 3.24. The van der Waals surface area contributed by atoms with Gasteiger partial charge in [0, 0.05) is 13.1 Å².